The van der Waals surface area contributed by atoms with Crippen LogP contribution in [0.15, 0.2) is 21.5 Å². The molecule has 0 aliphatic rings. The first-order valence-corrected chi connectivity index (χ1v) is 7.48. The lowest BCUT2D eigenvalue weighted by Gasteiger charge is -2.11. The van der Waals surface area contributed by atoms with Gasteiger partial charge in [-0.05, 0) is 43.1 Å². The SMILES string of the molecule is CCc1cc(S(=O)(=O)NC)c(CC)cc1Br. The molecule has 0 saturated carbocycles. The van der Waals surface area contributed by atoms with Crippen LogP contribution in [0, 0.1) is 0 Å². The van der Waals surface area contributed by atoms with E-state index in [1.165, 1.54) is 7.05 Å². The molecule has 1 aromatic carbocycles. The highest BCUT2D eigenvalue weighted by molar-refractivity contribution is 9.10. The number of benzene rings is 1. The van der Waals surface area contributed by atoms with Crippen molar-refractivity contribution in [3.63, 3.8) is 0 Å². The number of rotatable bonds is 4. The number of halogens is 1. The number of sulfonamides is 1. The Hall–Kier alpha value is -0.390. The van der Waals surface area contributed by atoms with Crippen LogP contribution in [0.3, 0.4) is 0 Å². The van der Waals surface area contributed by atoms with Crippen molar-refractivity contribution in [1.29, 1.82) is 0 Å². The summed E-state index contributed by atoms with van der Waals surface area (Å²) in [5.74, 6) is 0. The second-order valence-corrected chi connectivity index (χ2v) is 6.18. The van der Waals surface area contributed by atoms with Gasteiger partial charge >= 0.3 is 0 Å². The Bertz CT molecular complexity index is 483. The topological polar surface area (TPSA) is 46.2 Å². The zero-order valence-electron chi connectivity index (χ0n) is 9.67. The van der Waals surface area contributed by atoms with Crippen molar-refractivity contribution >= 4 is 26.0 Å². The molecule has 0 radical (unpaired) electrons. The Morgan fingerprint density at radius 2 is 1.75 bits per heavy atom. The molecule has 1 aromatic rings. The maximum Gasteiger partial charge on any atom is 0.240 e. The lowest BCUT2D eigenvalue weighted by atomic mass is 10.1. The van der Waals surface area contributed by atoms with E-state index in [4.69, 9.17) is 0 Å². The summed E-state index contributed by atoms with van der Waals surface area (Å²) in [6.45, 7) is 3.95. The van der Waals surface area contributed by atoms with E-state index in [9.17, 15) is 8.42 Å². The molecule has 90 valence electrons. The molecule has 0 unspecified atom stereocenters. The third-order valence-electron chi connectivity index (χ3n) is 2.55. The third-order valence-corrected chi connectivity index (χ3v) is 4.78. The molecule has 0 amide bonds. The molecule has 1 N–H and O–H groups in total. The minimum absolute atomic E-state index is 0.387. The molecular formula is C11H16BrNO2S. The van der Waals surface area contributed by atoms with E-state index in [0.717, 1.165) is 22.0 Å². The maximum absolute atomic E-state index is 11.8. The fourth-order valence-corrected chi connectivity index (χ4v) is 3.28. The van der Waals surface area contributed by atoms with Crippen LogP contribution in [-0.2, 0) is 22.9 Å². The Morgan fingerprint density at radius 1 is 1.19 bits per heavy atom. The Labute approximate surface area is 105 Å². The molecule has 0 saturated heterocycles. The molecule has 0 fully saturated rings. The van der Waals surface area contributed by atoms with Crippen LogP contribution >= 0.6 is 15.9 Å². The zero-order chi connectivity index (χ0) is 12.3. The van der Waals surface area contributed by atoms with E-state index >= 15 is 0 Å². The summed E-state index contributed by atoms with van der Waals surface area (Å²) < 4.78 is 27.0. The van der Waals surface area contributed by atoms with E-state index in [0.29, 0.717) is 11.3 Å². The van der Waals surface area contributed by atoms with Crippen molar-refractivity contribution in [2.75, 3.05) is 7.05 Å². The van der Waals surface area contributed by atoms with Crippen molar-refractivity contribution in [2.45, 2.75) is 31.6 Å². The highest BCUT2D eigenvalue weighted by Gasteiger charge is 2.17. The second kappa shape index (κ2) is 5.29. The summed E-state index contributed by atoms with van der Waals surface area (Å²) >= 11 is 3.46. The normalized spacial score (nSPS) is 11.8. The van der Waals surface area contributed by atoms with Crippen LogP contribution in [0.1, 0.15) is 25.0 Å². The lowest BCUT2D eigenvalue weighted by molar-refractivity contribution is 0.587. The van der Waals surface area contributed by atoms with Gasteiger partial charge in [0, 0.05) is 4.47 Å². The number of aryl methyl sites for hydroxylation is 2. The first kappa shape index (κ1) is 13.7. The van der Waals surface area contributed by atoms with Gasteiger partial charge in [0.15, 0.2) is 0 Å². The van der Waals surface area contributed by atoms with Gasteiger partial charge in [0.25, 0.3) is 0 Å². The molecule has 0 spiro atoms. The van der Waals surface area contributed by atoms with Gasteiger partial charge in [-0.3, -0.25) is 0 Å². The largest absolute Gasteiger partial charge is 0.240 e. The molecule has 0 bridgehead atoms. The van der Waals surface area contributed by atoms with E-state index < -0.39 is 10.0 Å². The van der Waals surface area contributed by atoms with Gasteiger partial charge in [-0.15, -0.1) is 0 Å². The second-order valence-electron chi connectivity index (χ2n) is 3.47. The molecule has 0 atom stereocenters. The summed E-state index contributed by atoms with van der Waals surface area (Å²) in [6.07, 6.45) is 1.50. The lowest BCUT2D eigenvalue weighted by Crippen LogP contribution is -2.20. The van der Waals surface area contributed by atoms with Crippen LogP contribution in [0.25, 0.3) is 0 Å². The number of hydrogen-bond acceptors (Lipinski definition) is 2. The summed E-state index contributed by atoms with van der Waals surface area (Å²) in [6, 6.07) is 3.64. The minimum Gasteiger partial charge on any atom is -0.214 e. The number of nitrogens with one attached hydrogen (secondary N) is 1. The Kier molecular flexibility index (Phi) is 4.52. The molecule has 5 heteroatoms. The van der Waals surface area contributed by atoms with Gasteiger partial charge in [0.05, 0.1) is 4.90 Å². The molecule has 0 aliphatic heterocycles. The molecule has 3 nitrogen and oxygen atoms in total. The Morgan fingerprint density at radius 3 is 2.19 bits per heavy atom. The molecule has 0 aliphatic carbocycles. The average molecular weight is 306 g/mol. The summed E-state index contributed by atoms with van der Waals surface area (Å²) in [4.78, 5) is 0.387. The smallest absolute Gasteiger partial charge is 0.214 e. The van der Waals surface area contributed by atoms with Gasteiger partial charge in [-0.25, -0.2) is 13.1 Å². The number of hydrogen-bond donors (Lipinski definition) is 1. The predicted molar refractivity (Wildman–Crippen MR) is 69.1 cm³/mol. The van der Waals surface area contributed by atoms with Crippen molar-refractivity contribution in [3.05, 3.63) is 27.7 Å². The maximum atomic E-state index is 11.8. The van der Waals surface area contributed by atoms with Crippen LogP contribution < -0.4 is 4.72 Å². The summed E-state index contributed by atoms with van der Waals surface area (Å²) in [5, 5.41) is 0. The van der Waals surface area contributed by atoms with Gasteiger partial charge in [-0.1, -0.05) is 29.8 Å². The Balaban J connectivity index is 3.48. The van der Waals surface area contributed by atoms with E-state index in [2.05, 4.69) is 20.7 Å². The first-order valence-electron chi connectivity index (χ1n) is 5.21. The van der Waals surface area contributed by atoms with E-state index in [1.807, 2.05) is 19.9 Å². The predicted octanol–water partition coefficient (Wildman–Crippen LogP) is 2.48. The van der Waals surface area contributed by atoms with Crippen molar-refractivity contribution < 1.29 is 8.42 Å². The molecule has 0 aromatic heterocycles. The zero-order valence-corrected chi connectivity index (χ0v) is 12.1. The van der Waals surface area contributed by atoms with Crippen LogP contribution in [0.2, 0.25) is 0 Å². The highest BCUT2D eigenvalue weighted by atomic mass is 79.9. The molecule has 0 heterocycles. The summed E-state index contributed by atoms with van der Waals surface area (Å²) in [5.41, 5.74) is 1.84. The minimum atomic E-state index is -3.36. The van der Waals surface area contributed by atoms with Gasteiger partial charge in [-0.2, -0.15) is 0 Å². The average Bonchev–Trinajstić information content (AvgIpc) is 2.28. The monoisotopic (exact) mass is 305 g/mol. The fraction of sp³-hybridized carbons (Fsp3) is 0.455. The molecular weight excluding hydrogens is 290 g/mol. The standard InChI is InChI=1S/C11H16BrNO2S/c1-4-8-7-11(16(14,15)13-3)9(5-2)6-10(8)12/h6-7,13H,4-5H2,1-3H3. The van der Waals surface area contributed by atoms with Crippen molar-refractivity contribution in [1.82, 2.24) is 4.72 Å². The summed E-state index contributed by atoms with van der Waals surface area (Å²) in [7, 11) is -1.93. The van der Waals surface area contributed by atoms with Crippen molar-refractivity contribution in [2.24, 2.45) is 0 Å². The quantitative estimate of drug-likeness (QED) is 0.929. The van der Waals surface area contributed by atoms with E-state index in [-0.39, 0.29) is 0 Å². The van der Waals surface area contributed by atoms with Crippen LogP contribution in [-0.4, -0.2) is 15.5 Å². The third kappa shape index (κ3) is 2.64. The van der Waals surface area contributed by atoms with Crippen LogP contribution in [0.5, 0.6) is 0 Å². The van der Waals surface area contributed by atoms with Gasteiger partial charge in [0.1, 0.15) is 0 Å². The van der Waals surface area contributed by atoms with Crippen molar-refractivity contribution in [3.8, 4) is 0 Å². The molecule has 1 rings (SSSR count). The van der Waals surface area contributed by atoms with Gasteiger partial charge in [0.2, 0.25) is 10.0 Å². The van der Waals surface area contributed by atoms with Crippen LogP contribution in [0.4, 0.5) is 0 Å². The molecule has 16 heavy (non-hydrogen) atoms. The highest BCUT2D eigenvalue weighted by Crippen LogP contribution is 2.26. The fourth-order valence-electron chi connectivity index (χ4n) is 1.54. The first-order chi connectivity index (χ1) is 7.46. The van der Waals surface area contributed by atoms with Gasteiger partial charge < -0.3 is 0 Å². The van der Waals surface area contributed by atoms with E-state index in [1.54, 1.807) is 6.07 Å².